The topological polar surface area (TPSA) is 3.24 Å². The Hall–Kier alpha value is -0.980. The molecule has 2 rings (SSSR count). The van der Waals surface area contributed by atoms with Crippen molar-refractivity contribution in [1.29, 1.82) is 0 Å². The summed E-state index contributed by atoms with van der Waals surface area (Å²) in [5.74, 6) is 0. The molecule has 0 bridgehead atoms. The number of benzene rings is 1. The smallest absolute Gasteiger partial charge is 0.0366 e. The normalized spacial score (nSPS) is 15.5. The van der Waals surface area contributed by atoms with Crippen molar-refractivity contribution in [3.05, 3.63) is 30.3 Å². The van der Waals surface area contributed by atoms with Gasteiger partial charge in [-0.3, -0.25) is 0 Å². The SMILES string of the molecule is CCC.c1ccc(N2CCCCC2)cc1. The van der Waals surface area contributed by atoms with Gasteiger partial charge in [0.25, 0.3) is 0 Å². The van der Waals surface area contributed by atoms with Crippen LogP contribution in [0.2, 0.25) is 0 Å². The monoisotopic (exact) mass is 205 g/mol. The predicted molar refractivity (Wildman–Crippen MR) is 68.5 cm³/mol. The Morgan fingerprint density at radius 3 is 2.00 bits per heavy atom. The third-order valence-electron chi connectivity index (χ3n) is 2.48. The molecule has 0 aliphatic carbocycles. The zero-order chi connectivity index (χ0) is 10.9. The lowest BCUT2D eigenvalue weighted by Crippen LogP contribution is -2.29. The van der Waals surface area contributed by atoms with Gasteiger partial charge in [-0.25, -0.2) is 0 Å². The Balaban J connectivity index is 0.000000337. The highest BCUT2D eigenvalue weighted by Gasteiger charge is 2.09. The summed E-state index contributed by atoms with van der Waals surface area (Å²) in [7, 11) is 0. The minimum Gasteiger partial charge on any atom is -0.372 e. The first-order valence-corrected chi connectivity index (χ1v) is 6.18. The minimum absolute atomic E-state index is 1.24. The minimum atomic E-state index is 1.24. The second kappa shape index (κ2) is 7.33. The summed E-state index contributed by atoms with van der Waals surface area (Å²) >= 11 is 0. The number of rotatable bonds is 1. The standard InChI is InChI=1S/C11H15N.C3H8/c1-3-7-11(8-4-1)12-9-5-2-6-10-12;1-3-2/h1,3-4,7-8H,2,5-6,9-10H2;3H2,1-2H3. The number of piperidine rings is 1. The quantitative estimate of drug-likeness (QED) is 0.667. The molecular weight excluding hydrogens is 182 g/mol. The maximum atomic E-state index is 2.48. The van der Waals surface area contributed by atoms with Gasteiger partial charge in [-0.05, 0) is 31.4 Å². The molecule has 84 valence electrons. The van der Waals surface area contributed by atoms with Crippen molar-refractivity contribution in [3.8, 4) is 0 Å². The zero-order valence-corrected chi connectivity index (χ0v) is 10.1. The van der Waals surface area contributed by atoms with E-state index in [1.54, 1.807) is 0 Å². The van der Waals surface area contributed by atoms with Crippen LogP contribution in [0.4, 0.5) is 5.69 Å². The first-order valence-electron chi connectivity index (χ1n) is 6.18. The number of nitrogens with zero attached hydrogens (tertiary/aromatic N) is 1. The molecule has 0 amide bonds. The van der Waals surface area contributed by atoms with E-state index in [1.165, 1.54) is 44.5 Å². The molecular formula is C14H23N. The van der Waals surface area contributed by atoms with Crippen LogP contribution in [0.15, 0.2) is 30.3 Å². The Morgan fingerprint density at radius 1 is 0.933 bits per heavy atom. The van der Waals surface area contributed by atoms with Gasteiger partial charge in [0.1, 0.15) is 0 Å². The third kappa shape index (κ3) is 4.37. The molecule has 1 aliphatic heterocycles. The summed E-state index contributed by atoms with van der Waals surface area (Å²) in [5.41, 5.74) is 1.39. The van der Waals surface area contributed by atoms with Gasteiger partial charge in [-0.2, -0.15) is 0 Å². The molecule has 1 aliphatic rings. The fourth-order valence-corrected chi connectivity index (χ4v) is 1.79. The molecule has 1 aromatic rings. The lowest BCUT2D eigenvalue weighted by Gasteiger charge is -2.28. The summed E-state index contributed by atoms with van der Waals surface area (Å²) in [6.07, 6.45) is 5.37. The average molecular weight is 205 g/mol. The van der Waals surface area contributed by atoms with Crippen LogP contribution in [0.25, 0.3) is 0 Å². The van der Waals surface area contributed by atoms with Gasteiger partial charge in [0.2, 0.25) is 0 Å². The molecule has 1 aromatic carbocycles. The molecule has 0 saturated carbocycles. The molecule has 1 heteroatoms. The first-order chi connectivity index (χ1) is 7.38. The lowest BCUT2D eigenvalue weighted by atomic mass is 10.1. The van der Waals surface area contributed by atoms with Gasteiger partial charge in [0.05, 0.1) is 0 Å². The third-order valence-corrected chi connectivity index (χ3v) is 2.48. The number of hydrogen-bond acceptors (Lipinski definition) is 1. The van der Waals surface area contributed by atoms with Gasteiger partial charge in [-0.1, -0.05) is 38.5 Å². The van der Waals surface area contributed by atoms with Gasteiger partial charge >= 0.3 is 0 Å². The van der Waals surface area contributed by atoms with Crippen LogP contribution in [0, 0.1) is 0 Å². The van der Waals surface area contributed by atoms with Crippen molar-refractivity contribution in [2.24, 2.45) is 0 Å². The van der Waals surface area contributed by atoms with Crippen LogP contribution >= 0.6 is 0 Å². The van der Waals surface area contributed by atoms with Crippen LogP contribution in [0.1, 0.15) is 39.5 Å². The largest absolute Gasteiger partial charge is 0.372 e. The molecule has 0 radical (unpaired) electrons. The fraction of sp³-hybridized carbons (Fsp3) is 0.571. The van der Waals surface area contributed by atoms with E-state index >= 15 is 0 Å². The number of para-hydroxylation sites is 1. The molecule has 1 saturated heterocycles. The van der Waals surface area contributed by atoms with Crippen molar-refractivity contribution in [3.63, 3.8) is 0 Å². The van der Waals surface area contributed by atoms with Crippen LogP contribution in [-0.2, 0) is 0 Å². The molecule has 1 nitrogen and oxygen atoms in total. The lowest BCUT2D eigenvalue weighted by molar-refractivity contribution is 0.578. The van der Waals surface area contributed by atoms with Crippen molar-refractivity contribution in [2.45, 2.75) is 39.5 Å². The van der Waals surface area contributed by atoms with Crippen LogP contribution in [0.5, 0.6) is 0 Å². The molecule has 0 aromatic heterocycles. The highest BCUT2D eigenvalue weighted by molar-refractivity contribution is 5.46. The van der Waals surface area contributed by atoms with E-state index in [1.807, 2.05) is 0 Å². The highest BCUT2D eigenvalue weighted by atomic mass is 15.1. The van der Waals surface area contributed by atoms with Gasteiger partial charge < -0.3 is 4.90 Å². The maximum absolute atomic E-state index is 2.48. The number of hydrogen-bond donors (Lipinski definition) is 0. The van der Waals surface area contributed by atoms with Gasteiger partial charge in [0, 0.05) is 18.8 Å². The zero-order valence-electron chi connectivity index (χ0n) is 10.1. The van der Waals surface area contributed by atoms with E-state index < -0.39 is 0 Å². The Labute approximate surface area is 94.1 Å². The second-order valence-corrected chi connectivity index (χ2v) is 4.09. The van der Waals surface area contributed by atoms with E-state index in [0.717, 1.165) is 0 Å². The predicted octanol–water partition coefficient (Wildman–Crippen LogP) is 4.09. The van der Waals surface area contributed by atoms with Gasteiger partial charge in [-0.15, -0.1) is 0 Å². The molecule has 15 heavy (non-hydrogen) atoms. The van der Waals surface area contributed by atoms with Crippen LogP contribution < -0.4 is 4.90 Å². The molecule has 0 spiro atoms. The summed E-state index contributed by atoms with van der Waals surface area (Å²) in [5, 5.41) is 0. The highest BCUT2D eigenvalue weighted by Crippen LogP contribution is 2.18. The Bertz CT molecular complexity index is 237. The molecule has 0 unspecified atom stereocenters. The molecule has 0 atom stereocenters. The van der Waals surface area contributed by atoms with E-state index in [-0.39, 0.29) is 0 Å². The summed E-state index contributed by atoms with van der Waals surface area (Å²) in [6, 6.07) is 10.7. The van der Waals surface area contributed by atoms with Crippen LogP contribution in [0.3, 0.4) is 0 Å². The van der Waals surface area contributed by atoms with Crippen molar-refractivity contribution < 1.29 is 0 Å². The molecule has 0 N–H and O–H groups in total. The summed E-state index contributed by atoms with van der Waals surface area (Å²) in [6.45, 7) is 6.73. The first kappa shape index (κ1) is 12.1. The Kier molecular flexibility index (Phi) is 5.91. The summed E-state index contributed by atoms with van der Waals surface area (Å²) in [4.78, 5) is 2.48. The summed E-state index contributed by atoms with van der Waals surface area (Å²) < 4.78 is 0. The Morgan fingerprint density at radius 2 is 1.47 bits per heavy atom. The average Bonchev–Trinajstić information content (AvgIpc) is 2.32. The molecule has 1 heterocycles. The van der Waals surface area contributed by atoms with Crippen molar-refractivity contribution in [2.75, 3.05) is 18.0 Å². The maximum Gasteiger partial charge on any atom is 0.0366 e. The van der Waals surface area contributed by atoms with E-state index in [4.69, 9.17) is 0 Å². The van der Waals surface area contributed by atoms with Gasteiger partial charge in [0.15, 0.2) is 0 Å². The number of anilines is 1. The van der Waals surface area contributed by atoms with Crippen molar-refractivity contribution in [1.82, 2.24) is 0 Å². The fourth-order valence-electron chi connectivity index (χ4n) is 1.79. The van der Waals surface area contributed by atoms with Crippen molar-refractivity contribution >= 4 is 5.69 Å². The van der Waals surface area contributed by atoms with E-state index in [2.05, 4.69) is 49.1 Å². The van der Waals surface area contributed by atoms with E-state index in [0.29, 0.717) is 0 Å². The van der Waals surface area contributed by atoms with E-state index in [9.17, 15) is 0 Å². The second-order valence-electron chi connectivity index (χ2n) is 4.09. The van der Waals surface area contributed by atoms with Crippen LogP contribution in [-0.4, -0.2) is 13.1 Å². The molecule has 1 fully saturated rings.